The van der Waals surface area contributed by atoms with Gasteiger partial charge in [-0.2, -0.15) is 0 Å². The fourth-order valence-corrected chi connectivity index (χ4v) is 5.48. The molecule has 2 aromatic carbocycles. The molecule has 2 amide bonds. The van der Waals surface area contributed by atoms with Crippen molar-refractivity contribution in [2.24, 2.45) is 0 Å². The number of hydrogen-bond donors (Lipinski definition) is 1. The fraction of sp³-hybridized carbons (Fsp3) is 0.481. The normalized spacial score (nSPS) is 21.6. The minimum Gasteiger partial charge on any atom is -0.483 e. The van der Waals surface area contributed by atoms with E-state index < -0.39 is 6.04 Å². The van der Waals surface area contributed by atoms with Gasteiger partial charge in [-0.05, 0) is 61.8 Å². The lowest BCUT2D eigenvalue weighted by Crippen LogP contribution is -2.46. The van der Waals surface area contributed by atoms with Gasteiger partial charge in [-0.25, -0.2) is 0 Å². The first kappa shape index (κ1) is 21.0. The average Bonchev–Trinajstić information content (AvgIpc) is 3.28. The third kappa shape index (κ3) is 4.25. The fourth-order valence-electron chi connectivity index (χ4n) is 5.48. The largest absolute Gasteiger partial charge is 0.483 e. The van der Waals surface area contributed by atoms with Gasteiger partial charge in [0.1, 0.15) is 11.8 Å². The standard InChI is InChI=1S/C27H32N2O3/c30-24-18-32-23-15-14-20-10-4-7-13-22(20)25(23)26(27(31)28-21-11-5-6-12-21)29(24)17-16-19-8-2-1-3-9-19/h4,7-8,10,13-15,21,26H,1-3,5-6,9,11-12,16-18H2,(H,28,31). The number of nitrogens with one attached hydrogen (secondary N) is 1. The van der Waals surface area contributed by atoms with Gasteiger partial charge in [0.15, 0.2) is 6.61 Å². The number of benzene rings is 2. The van der Waals surface area contributed by atoms with Crippen LogP contribution in [-0.4, -0.2) is 35.9 Å². The van der Waals surface area contributed by atoms with Crippen molar-refractivity contribution in [1.29, 1.82) is 0 Å². The van der Waals surface area contributed by atoms with Gasteiger partial charge in [-0.3, -0.25) is 9.59 Å². The molecule has 1 fully saturated rings. The lowest BCUT2D eigenvalue weighted by atomic mass is 9.94. The van der Waals surface area contributed by atoms with E-state index in [0.29, 0.717) is 12.3 Å². The zero-order valence-corrected chi connectivity index (χ0v) is 18.6. The van der Waals surface area contributed by atoms with Crippen LogP contribution in [0.2, 0.25) is 0 Å². The summed E-state index contributed by atoms with van der Waals surface area (Å²) in [5.41, 5.74) is 2.23. The van der Waals surface area contributed by atoms with E-state index in [2.05, 4.69) is 11.4 Å². The summed E-state index contributed by atoms with van der Waals surface area (Å²) in [5, 5.41) is 5.30. The van der Waals surface area contributed by atoms with E-state index >= 15 is 0 Å². The third-order valence-electron chi connectivity index (χ3n) is 7.20. The summed E-state index contributed by atoms with van der Waals surface area (Å²) in [4.78, 5) is 28.8. The van der Waals surface area contributed by atoms with Gasteiger partial charge in [0.05, 0.1) is 0 Å². The predicted molar refractivity (Wildman–Crippen MR) is 125 cm³/mol. The van der Waals surface area contributed by atoms with Crippen molar-refractivity contribution in [1.82, 2.24) is 10.2 Å². The van der Waals surface area contributed by atoms with Crippen molar-refractivity contribution >= 4 is 22.6 Å². The van der Waals surface area contributed by atoms with Gasteiger partial charge in [-0.1, -0.05) is 54.8 Å². The van der Waals surface area contributed by atoms with E-state index in [1.54, 1.807) is 4.90 Å². The molecule has 5 rings (SSSR count). The number of carbonyl (C=O) groups is 2. The van der Waals surface area contributed by atoms with Crippen LogP contribution in [0.25, 0.3) is 10.8 Å². The molecule has 1 heterocycles. The highest BCUT2D eigenvalue weighted by Gasteiger charge is 2.38. The van der Waals surface area contributed by atoms with Crippen LogP contribution in [0.1, 0.15) is 69.4 Å². The van der Waals surface area contributed by atoms with Gasteiger partial charge in [0.25, 0.3) is 5.91 Å². The van der Waals surface area contributed by atoms with Crippen LogP contribution in [0.15, 0.2) is 48.0 Å². The zero-order valence-electron chi connectivity index (χ0n) is 18.6. The molecular weight excluding hydrogens is 400 g/mol. The van der Waals surface area contributed by atoms with Crippen LogP contribution < -0.4 is 10.1 Å². The second-order valence-corrected chi connectivity index (χ2v) is 9.32. The summed E-state index contributed by atoms with van der Waals surface area (Å²) < 4.78 is 5.96. The molecule has 1 saturated carbocycles. The van der Waals surface area contributed by atoms with Crippen LogP contribution in [0.5, 0.6) is 5.75 Å². The highest BCUT2D eigenvalue weighted by Crippen LogP contribution is 2.39. The number of hydrogen-bond acceptors (Lipinski definition) is 3. The molecule has 1 aliphatic heterocycles. The van der Waals surface area contributed by atoms with E-state index in [0.717, 1.165) is 61.3 Å². The Morgan fingerprint density at radius 2 is 1.91 bits per heavy atom. The van der Waals surface area contributed by atoms with Crippen molar-refractivity contribution in [3.8, 4) is 5.75 Å². The molecule has 1 unspecified atom stereocenters. The van der Waals surface area contributed by atoms with Crippen molar-refractivity contribution in [2.45, 2.75) is 69.9 Å². The summed E-state index contributed by atoms with van der Waals surface area (Å²) in [6, 6.07) is 11.5. The number of nitrogens with zero attached hydrogens (tertiary/aromatic N) is 1. The quantitative estimate of drug-likeness (QED) is 0.673. The van der Waals surface area contributed by atoms with E-state index in [1.165, 1.54) is 18.4 Å². The number of allylic oxidation sites excluding steroid dienone is 1. The second kappa shape index (κ2) is 9.35. The Morgan fingerprint density at radius 1 is 1.06 bits per heavy atom. The van der Waals surface area contributed by atoms with Gasteiger partial charge in [-0.15, -0.1) is 0 Å². The summed E-state index contributed by atoms with van der Waals surface area (Å²) in [5.74, 6) is 0.447. The monoisotopic (exact) mass is 432 g/mol. The van der Waals surface area contributed by atoms with Crippen LogP contribution in [0.3, 0.4) is 0 Å². The molecule has 5 heteroatoms. The first-order chi connectivity index (χ1) is 15.7. The lowest BCUT2D eigenvalue weighted by molar-refractivity contribution is -0.141. The minimum absolute atomic E-state index is 0.0302. The molecule has 0 aromatic heterocycles. The Bertz CT molecular complexity index is 1040. The van der Waals surface area contributed by atoms with Crippen molar-refractivity contribution in [3.63, 3.8) is 0 Å². The molecular formula is C27H32N2O3. The molecule has 3 aliphatic rings. The summed E-state index contributed by atoms with van der Waals surface area (Å²) >= 11 is 0. The smallest absolute Gasteiger partial charge is 0.261 e. The van der Waals surface area contributed by atoms with Gasteiger partial charge < -0.3 is 15.0 Å². The van der Waals surface area contributed by atoms with E-state index in [-0.39, 0.29) is 24.5 Å². The Labute approximate surface area is 189 Å². The molecule has 2 aromatic rings. The van der Waals surface area contributed by atoms with E-state index in [4.69, 9.17) is 4.74 Å². The highest BCUT2D eigenvalue weighted by atomic mass is 16.5. The first-order valence-corrected chi connectivity index (χ1v) is 12.1. The summed E-state index contributed by atoms with van der Waals surface area (Å²) in [6.07, 6.45) is 12.1. The van der Waals surface area contributed by atoms with Crippen LogP contribution in [0, 0.1) is 0 Å². The van der Waals surface area contributed by atoms with E-state index in [1.807, 2.05) is 36.4 Å². The predicted octanol–water partition coefficient (Wildman–Crippen LogP) is 5.05. The molecule has 168 valence electrons. The minimum atomic E-state index is -0.670. The number of rotatable bonds is 5. The van der Waals surface area contributed by atoms with Crippen LogP contribution >= 0.6 is 0 Å². The average molecular weight is 433 g/mol. The van der Waals surface area contributed by atoms with Crippen molar-refractivity contribution in [2.75, 3.05) is 13.2 Å². The number of carbonyl (C=O) groups excluding carboxylic acids is 2. The molecule has 0 saturated heterocycles. The van der Waals surface area contributed by atoms with Crippen LogP contribution in [-0.2, 0) is 9.59 Å². The molecule has 1 N–H and O–H groups in total. The summed E-state index contributed by atoms with van der Waals surface area (Å²) in [6.45, 7) is 0.511. The van der Waals surface area contributed by atoms with Gasteiger partial charge in [0, 0.05) is 18.2 Å². The Morgan fingerprint density at radius 3 is 2.72 bits per heavy atom. The Hall–Kier alpha value is -2.82. The van der Waals surface area contributed by atoms with Crippen molar-refractivity contribution in [3.05, 3.63) is 53.6 Å². The topological polar surface area (TPSA) is 58.6 Å². The van der Waals surface area contributed by atoms with E-state index in [9.17, 15) is 9.59 Å². The summed E-state index contributed by atoms with van der Waals surface area (Å²) in [7, 11) is 0. The maximum absolute atomic E-state index is 13.7. The maximum atomic E-state index is 13.7. The zero-order chi connectivity index (χ0) is 21.9. The number of fused-ring (bicyclic) bond motifs is 3. The molecule has 32 heavy (non-hydrogen) atoms. The van der Waals surface area contributed by atoms with Gasteiger partial charge in [0.2, 0.25) is 5.91 Å². The molecule has 1 atom stereocenters. The van der Waals surface area contributed by atoms with Crippen molar-refractivity contribution < 1.29 is 14.3 Å². The highest BCUT2D eigenvalue weighted by molar-refractivity contribution is 5.97. The maximum Gasteiger partial charge on any atom is 0.261 e. The SMILES string of the molecule is O=C(NC1CCCC1)C1c2c(ccc3ccccc23)OCC(=O)N1CCC1=CCCCC1. The second-order valence-electron chi connectivity index (χ2n) is 9.32. The number of amides is 2. The van der Waals surface area contributed by atoms with Gasteiger partial charge >= 0.3 is 0 Å². The molecule has 0 spiro atoms. The molecule has 5 nitrogen and oxygen atoms in total. The number of ether oxygens (including phenoxy) is 1. The lowest BCUT2D eigenvalue weighted by Gasteiger charge is -2.31. The molecule has 0 radical (unpaired) electrons. The first-order valence-electron chi connectivity index (χ1n) is 12.1. The third-order valence-corrected chi connectivity index (χ3v) is 7.20. The van der Waals surface area contributed by atoms with Crippen LogP contribution in [0.4, 0.5) is 0 Å². The Balaban J connectivity index is 1.54. The Kier molecular flexibility index (Phi) is 6.15. The molecule has 0 bridgehead atoms. The molecule has 2 aliphatic carbocycles.